The van der Waals surface area contributed by atoms with Crippen molar-refractivity contribution in [2.24, 2.45) is 5.73 Å². The van der Waals surface area contributed by atoms with E-state index in [0.29, 0.717) is 12.2 Å². The number of carbonyl (C=O) groups excluding carboxylic acids is 1. The predicted octanol–water partition coefficient (Wildman–Crippen LogP) is -0.270. The van der Waals surface area contributed by atoms with E-state index in [1.165, 1.54) is 0 Å². The van der Waals surface area contributed by atoms with Crippen molar-refractivity contribution in [2.75, 3.05) is 11.5 Å². The quantitative estimate of drug-likeness (QED) is 0.586. The number of hydrogen-bond donors (Lipinski definition) is 2. The van der Waals surface area contributed by atoms with Gasteiger partial charge in [-0.15, -0.1) is 0 Å². The van der Waals surface area contributed by atoms with Gasteiger partial charge in [-0.05, 0) is 12.2 Å². The van der Waals surface area contributed by atoms with Crippen molar-refractivity contribution in [3.05, 3.63) is 0 Å². The third-order valence-corrected chi connectivity index (χ3v) is 2.82. The van der Waals surface area contributed by atoms with Gasteiger partial charge in [-0.25, -0.2) is 0 Å². The Hall–Kier alpha value is -0.220. The van der Waals surface area contributed by atoms with Crippen LogP contribution < -0.4 is 5.73 Å². The van der Waals surface area contributed by atoms with Crippen molar-refractivity contribution in [1.82, 2.24) is 0 Å². The lowest BCUT2D eigenvalue weighted by atomic mass is 9.99. The molecule has 58 valence electrons. The van der Waals surface area contributed by atoms with E-state index in [1.54, 1.807) is 11.8 Å². The van der Waals surface area contributed by atoms with Crippen LogP contribution in [0.3, 0.4) is 0 Å². The number of primary amides is 1. The average molecular weight is 161 g/mol. The van der Waals surface area contributed by atoms with Crippen molar-refractivity contribution < 1.29 is 9.90 Å². The third-order valence-electron chi connectivity index (χ3n) is 1.59. The Bertz CT molecular complexity index is 143. The van der Waals surface area contributed by atoms with Crippen molar-refractivity contribution >= 4 is 17.7 Å². The van der Waals surface area contributed by atoms with E-state index in [4.69, 9.17) is 5.73 Å². The Morgan fingerprint density at radius 2 is 2.50 bits per heavy atom. The maximum absolute atomic E-state index is 10.4. The Morgan fingerprint density at radius 3 is 2.90 bits per heavy atom. The van der Waals surface area contributed by atoms with Gasteiger partial charge in [-0.1, -0.05) is 0 Å². The number of amides is 1. The summed E-state index contributed by atoms with van der Waals surface area (Å²) in [6, 6.07) is 0. The fourth-order valence-electron chi connectivity index (χ4n) is 1.06. The second-order valence-electron chi connectivity index (χ2n) is 2.67. The van der Waals surface area contributed by atoms with E-state index < -0.39 is 11.5 Å². The van der Waals surface area contributed by atoms with Gasteiger partial charge in [0.15, 0.2) is 0 Å². The maximum atomic E-state index is 10.4. The van der Waals surface area contributed by atoms with Crippen LogP contribution in [-0.2, 0) is 4.79 Å². The molecule has 1 aliphatic rings. The van der Waals surface area contributed by atoms with E-state index in [1.807, 2.05) is 0 Å². The molecule has 10 heavy (non-hydrogen) atoms. The van der Waals surface area contributed by atoms with Crippen LogP contribution in [-0.4, -0.2) is 28.1 Å². The zero-order chi connectivity index (χ0) is 7.61. The lowest BCUT2D eigenvalue weighted by molar-refractivity contribution is -0.122. The maximum Gasteiger partial charge on any atom is 0.220 e. The minimum absolute atomic E-state index is 0.111. The fraction of sp³-hybridized carbons (Fsp3) is 0.833. The highest BCUT2D eigenvalue weighted by atomic mass is 32.2. The minimum Gasteiger partial charge on any atom is -0.388 e. The molecule has 1 aliphatic heterocycles. The summed E-state index contributed by atoms with van der Waals surface area (Å²) in [7, 11) is 0. The summed E-state index contributed by atoms with van der Waals surface area (Å²) in [6.45, 7) is 0. The first-order valence-electron chi connectivity index (χ1n) is 3.21. The van der Waals surface area contributed by atoms with E-state index in [-0.39, 0.29) is 6.42 Å². The van der Waals surface area contributed by atoms with Gasteiger partial charge in [-0.3, -0.25) is 4.79 Å². The van der Waals surface area contributed by atoms with Crippen LogP contribution >= 0.6 is 11.8 Å². The SMILES string of the molecule is NC(=O)CC1(O)CCSC1. The van der Waals surface area contributed by atoms with Crippen LogP contribution in [0, 0.1) is 0 Å². The molecule has 1 amide bonds. The summed E-state index contributed by atoms with van der Waals surface area (Å²) < 4.78 is 0. The van der Waals surface area contributed by atoms with Gasteiger partial charge in [0.05, 0.1) is 12.0 Å². The van der Waals surface area contributed by atoms with Gasteiger partial charge in [0.25, 0.3) is 0 Å². The number of carbonyl (C=O) groups is 1. The highest BCUT2D eigenvalue weighted by molar-refractivity contribution is 7.99. The van der Waals surface area contributed by atoms with E-state index in [2.05, 4.69) is 0 Å². The molecule has 1 fully saturated rings. The normalized spacial score (nSPS) is 32.5. The van der Waals surface area contributed by atoms with Crippen molar-refractivity contribution in [3.63, 3.8) is 0 Å². The molecule has 0 bridgehead atoms. The van der Waals surface area contributed by atoms with Gasteiger partial charge in [0.1, 0.15) is 0 Å². The molecule has 4 heteroatoms. The minimum atomic E-state index is -0.795. The summed E-state index contributed by atoms with van der Waals surface area (Å²) >= 11 is 1.67. The number of aliphatic hydroxyl groups is 1. The van der Waals surface area contributed by atoms with Gasteiger partial charge in [0, 0.05) is 5.75 Å². The summed E-state index contributed by atoms with van der Waals surface area (Å²) in [6.07, 6.45) is 0.806. The Morgan fingerprint density at radius 1 is 1.80 bits per heavy atom. The molecular formula is C6H11NO2S. The van der Waals surface area contributed by atoms with Crippen LogP contribution in [0.2, 0.25) is 0 Å². The lowest BCUT2D eigenvalue weighted by Crippen LogP contribution is -2.33. The number of nitrogens with two attached hydrogens (primary N) is 1. The highest BCUT2D eigenvalue weighted by Crippen LogP contribution is 2.29. The van der Waals surface area contributed by atoms with E-state index >= 15 is 0 Å². The Labute approximate surface area is 64.0 Å². The standard InChI is InChI=1S/C6H11NO2S/c7-5(8)3-6(9)1-2-10-4-6/h9H,1-4H2,(H2,7,8). The molecule has 0 spiro atoms. The lowest BCUT2D eigenvalue weighted by Gasteiger charge is -2.18. The summed E-state index contributed by atoms with van der Waals surface area (Å²) in [5, 5.41) is 9.54. The van der Waals surface area contributed by atoms with Crippen LogP contribution in [0.1, 0.15) is 12.8 Å². The molecule has 1 atom stereocenters. The van der Waals surface area contributed by atoms with Gasteiger partial charge >= 0.3 is 0 Å². The second kappa shape index (κ2) is 2.80. The summed E-state index contributed by atoms with van der Waals surface area (Å²) in [5.74, 6) is 1.17. The summed E-state index contributed by atoms with van der Waals surface area (Å²) in [4.78, 5) is 10.4. The topological polar surface area (TPSA) is 63.3 Å². The average Bonchev–Trinajstić information content (AvgIpc) is 2.12. The number of thioether (sulfide) groups is 1. The van der Waals surface area contributed by atoms with Crippen LogP contribution in [0.15, 0.2) is 0 Å². The van der Waals surface area contributed by atoms with E-state index in [9.17, 15) is 9.90 Å². The van der Waals surface area contributed by atoms with Crippen molar-refractivity contribution in [2.45, 2.75) is 18.4 Å². The molecule has 3 N–H and O–H groups in total. The molecule has 1 saturated heterocycles. The van der Waals surface area contributed by atoms with Crippen LogP contribution in [0.4, 0.5) is 0 Å². The first-order valence-corrected chi connectivity index (χ1v) is 4.36. The molecule has 3 nitrogen and oxygen atoms in total. The van der Waals surface area contributed by atoms with Gasteiger partial charge in [0.2, 0.25) is 5.91 Å². The smallest absolute Gasteiger partial charge is 0.220 e. The van der Waals surface area contributed by atoms with E-state index in [0.717, 1.165) is 5.75 Å². The van der Waals surface area contributed by atoms with Crippen molar-refractivity contribution in [1.29, 1.82) is 0 Å². The van der Waals surface area contributed by atoms with Gasteiger partial charge in [-0.2, -0.15) is 11.8 Å². The van der Waals surface area contributed by atoms with Crippen LogP contribution in [0.5, 0.6) is 0 Å². The first-order chi connectivity index (χ1) is 4.62. The zero-order valence-corrected chi connectivity index (χ0v) is 6.49. The molecule has 1 heterocycles. The van der Waals surface area contributed by atoms with Gasteiger partial charge < -0.3 is 10.8 Å². The molecule has 0 radical (unpaired) electrons. The van der Waals surface area contributed by atoms with Crippen molar-refractivity contribution in [3.8, 4) is 0 Å². The Balaban J connectivity index is 2.43. The molecule has 1 unspecified atom stereocenters. The number of rotatable bonds is 2. The molecule has 1 rings (SSSR count). The van der Waals surface area contributed by atoms with Crippen LogP contribution in [0.25, 0.3) is 0 Å². The second-order valence-corrected chi connectivity index (χ2v) is 3.78. The first kappa shape index (κ1) is 7.88. The molecular weight excluding hydrogens is 150 g/mol. The highest BCUT2D eigenvalue weighted by Gasteiger charge is 2.33. The Kier molecular flexibility index (Phi) is 2.21. The molecule has 0 aromatic rings. The summed E-state index contributed by atoms with van der Waals surface area (Å²) in [5.41, 5.74) is 4.15. The third kappa shape index (κ3) is 1.88. The molecule has 0 aliphatic carbocycles. The fourth-order valence-corrected chi connectivity index (χ4v) is 2.36. The predicted molar refractivity (Wildman–Crippen MR) is 40.7 cm³/mol. The zero-order valence-electron chi connectivity index (χ0n) is 5.67. The molecule has 0 aromatic carbocycles. The monoisotopic (exact) mass is 161 g/mol. The largest absolute Gasteiger partial charge is 0.388 e. The molecule has 0 aromatic heterocycles. The number of hydrogen-bond acceptors (Lipinski definition) is 3. The molecule has 0 saturated carbocycles.